The van der Waals surface area contributed by atoms with Crippen molar-refractivity contribution in [2.24, 2.45) is 10.9 Å². The molecule has 2 heterocycles. The van der Waals surface area contributed by atoms with Crippen LogP contribution in [0.15, 0.2) is 10.4 Å². The van der Waals surface area contributed by atoms with Crippen LogP contribution in [0.2, 0.25) is 0 Å². The maximum absolute atomic E-state index is 4.48. The van der Waals surface area contributed by atoms with Crippen molar-refractivity contribution in [3.05, 3.63) is 16.1 Å². The molecule has 0 radical (unpaired) electrons. The molecule has 0 aromatic carbocycles. The summed E-state index contributed by atoms with van der Waals surface area (Å²) in [5.74, 6) is 1.82. The van der Waals surface area contributed by atoms with Crippen molar-refractivity contribution in [2.75, 3.05) is 39.8 Å². The lowest BCUT2D eigenvalue weighted by Crippen LogP contribution is -2.39. The zero-order valence-corrected chi connectivity index (χ0v) is 16.3. The molecule has 1 aromatic rings. The van der Waals surface area contributed by atoms with Crippen molar-refractivity contribution in [3.63, 3.8) is 0 Å². The molecule has 6 heteroatoms. The summed E-state index contributed by atoms with van der Waals surface area (Å²) in [6, 6.07) is 0. The lowest BCUT2D eigenvalue weighted by Gasteiger charge is -2.30. The Kier molecular flexibility index (Phi) is 8.53. The van der Waals surface area contributed by atoms with E-state index in [0.29, 0.717) is 0 Å². The fourth-order valence-corrected chi connectivity index (χ4v) is 3.65. The first-order valence-corrected chi connectivity index (χ1v) is 10.1. The topological polar surface area (TPSA) is 52.6 Å². The Hall–Kier alpha value is -1.14. The Bertz CT molecular complexity index is 491. The average molecular weight is 352 g/mol. The number of aliphatic imine (C=N–C) groups is 1. The van der Waals surface area contributed by atoms with E-state index in [2.05, 4.69) is 37.8 Å². The van der Waals surface area contributed by atoms with Crippen LogP contribution in [0.5, 0.6) is 0 Å². The lowest BCUT2D eigenvalue weighted by atomic mass is 9.99. The number of rotatable bonds is 8. The van der Waals surface area contributed by atoms with Crippen LogP contribution < -0.4 is 10.6 Å². The number of piperidine rings is 1. The van der Waals surface area contributed by atoms with E-state index < -0.39 is 0 Å². The van der Waals surface area contributed by atoms with Gasteiger partial charge in [0.1, 0.15) is 0 Å². The highest BCUT2D eigenvalue weighted by Crippen LogP contribution is 2.16. The SMILES string of the molecule is CN=C(NCCCCN1CCC(C)CC1)NCCc1csc(C)n1. The summed E-state index contributed by atoms with van der Waals surface area (Å²) in [7, 11) is 1.83. The van der Waals surface area contributed by atoms with E-state index in [1.165, 1.54) is 45.3 Å². The highest BCUT2D eigenvalue weighted by molar-refractivity contribution is 7.09. The maximum Gasteiger partial charge on any atom is 0.190 e. The molecule has 136 valence electrons. The van der Waals surface area contributed by atoms with Gasteiger partial charge in [0.15, 0.2) is 5.96 Å². The van der Waals surface area contributed by atoms with Gasteiger partial charge in [0.2, 0.25) is 0 Å². The predicted octanol–water partition coefficient (Wildman–Crippen LogP) is 2.67. The summed E-state index contributed by atoms with van der Waals surface area (Å²) in [4.78, 5) is 11.4. The van der Waals surface area contributed by atoms with Crippen molar-refractivity contribution >= 4 is 17.3 Å². The molecule has 1 fully saturated rings. The molecular formula is C18H33N5S. The number of aryl methyl sites for hydroxylation is 1. The molecule has 2 N–H and O–H groups in total. The van der Waals surface area contributed by atoms with E-state index >= 15 is 0 Å². The van der Waals surface area contributed by atoms with Gasteiger partial charge in [-0.2, -0.15) is 0 Å². The van der Waals surface area contributed by atoms with Crippen LogP contribution in [-0.4, -0.2) is 55.6 Å². The molecule has 24 heavy (non-hydrogen) atoms. The summed E-state index contributed by atoms with van der Waals surface area (Å²) in [5, 5.41) is 10.0. The number of thiazole rings is 1. The predicted molar refractivity (Wildman–Crippen MR) is 104 cm³/mol. The van der Waals surface area contributed by atoms with Gasteiger partial charge in [0.05, 0.1) is 10.7 Å². The Labute approximate surface area is 151 Å². The Morgan fingerprint density at radius 1 is 1.29 bits per heavy atom. The van der Waals surface area contributed by atoms with Crippen LogP contribution in [0.1, 0.15) is 43.3 Å². The van der Waals surface area contributed by atoms with Crippen molar-refractivity contribution in [1.82, 2.24) is 20.5 Å². The molecule has 2 rings (SSSR count). The molecule has 0 spiro atoms. The second-order valence-electron chi connectivity index (χ2n) is 6.76. The van der Waals surface area contributed by atoms with Gasteiger partial charge in [-0.25, -0.2) is 4.98 Å². The molecule has 0 bridgehead atoms. The minimum atomic E-state index is 0.870. The monoisotopic (exact) mass is 351 g/mol. The van der Waals surface area contributed by atoms with Crippen molar-refractivity contribution in [2.45, 2.75) is 46.0 Å². The molecule has 0 amide bonds. The van der Waals surface area contributed by atoms with Crippen LogP contribution in [0, 0.1) is 12.8 Å². The quantitative estimate of drug-likeness (QED) is 0.429. The van der Waals surface area contributed by atoms with Crippen LogP contribution in [0.4, 0.5) is 0 Å². The minimum Gasteiger partial charge on any atom is -0.356 e. The van der Waals surface area contributed by atoms with Crippen molar-refractivity contribution < 1.29 is 0 Å². The smallest absolute Gasteiger partial charge is 0.190 e. The highest BCUT2D eigenvalue weighted by Gasteiger charge is 2.14. The van der Waals surface area contributed by atoms with Crippen LogP contribution in [-0.2, 0) is 6.42 Å². The van der Waals surface area contributed by atoms with Crippen molar-refractivity contribution in [3.8, 4) is 0 Å². The minimum absolute atomic E-state index is 0.870. The Morgan fingerprint density at radius 3 is 2.71 bits per heavy atom. The van der Waals surface area contributed by atoms with Gasteiger partial charge in [0.25, 0.3) is 0 Å². The van der Waals surface area contributed by atoms with Crippen molar-refractivity contribution in [1.29, 1.82) is 0 Å². The van der Waals surface area contributed by atoms with Gasteiger partial charge in [0, 0.05) is 31.9 Å². The molecule has 0 atom stereocenters. The van der Waals surface area contributed by atoms with Gasteiger partial charge < -0.3 is 15.5 Å². The van der Waals surface area contributed by atoms with E-state index in [1.807, 2.05) is 14.0 Å². The lowest BCUT2D eigenvalue weighted by molar-refractivity contribution is 0.189. The number of nitrogens with one attached hydrogen (secondary N) is 2. The van der Waals surface area contributed by atoms with Gasteiger partial charge in [-0.05, 0) is 58.2 Å². The first-order valence-electron chi connectivity index (χ1n) is 9.25. The number of hydrogen-bond donors (Lipinski definition) is 2. The number of aromatic nitrogens is 1. The third kappa shape index (κ3) is 7.18. The van der Waals surface area contributed by atoms with Gasteiger partial charge in [-0.3, -0.25) is 4.99 Å². The summed E-state index contributed by atoms with van der Waals surface area (Å²) >= 11 is 1.71. The summed E-state index contributed by atoms with van der Waals surface area (Å²) in [6.45, 7) is 10.1. The highest BCUT2D eigenvalue weighted by atomic mass is 32.1. The normalized spacial score (nSPS) is 17.2. The number of hydrogen-bond acceptors (Lipinski definition) is 4. The van der Waals surface area contributed by atoms with Crippen LogP contribution in [0.25, 0.3) is 0 Å². The Balaban J connectivity index is 1.50. The zero-order chi connectivity index (χ0) is 17.2. The van der Waals surface area contributed by atoms with E-state index in [4.69, 9.17) is 0 Å². The van der Waals surface area contributed by atoms with Gasteiger partial charge in [-0.15, -0.1) is 11.3 Å². The molecule has 5 nitrogen and oxygen atoms in total. The van der Waals surface area contributed by atoms with Crippen LogP contribution >= 0.6 is 11.3 Å². The number of nitrogens with zero attached hydrogens (tertiary/aromatic N) is 3. The third-order valence-corrected chi connectivity index (χ3v) is 5.46. The average Bonchev–Trinajstić information content (AvgIpc) is 3.00. The Morgan fingerprint density at radius 2 is 2.04 bits per heavy atom. The van der Waals surface area contributed by atoms with Gasteiger partial charge in [-0.1, -0.05) is 6.92 Å². The number of likely N-dealkylation sites (tertiary alicyclic amines) is 1. The second kappa shape index (κ2) is 10.7. The van der Waals surface area contributed by atoms with Crippen LogP contribution in [0.3, 0.4) is 0 Å². The standard InChI is InChI=1S/C18H33N5S/c1-15-7-12-23(13-8-15)11-5-4-9-20-18(19-3)21-10-6-17-14-24-16(2)22-17/h14-15H,4-13H2,1-3H3,(H2,19,20,21). The summed E-state index contributed by atoms with van der Waals surface area (Å²) in [6.07, 6.45) is 6.13. The molecule has 1 aromatic heterocycles. The van der Waals surface area contributed by atoms with E-state index in [0.717, 1.165) is 42.1 Å². The fraction of sp³-hybridized carbons (Fsp3) is 0.778. The summed E-state index contributed by atoms with van der Waals surface area (Å²) in [5.41, 5.74) is 1.16. The second-order valence-corrected chi connectivity index (χ2v) is 7.83. The van der Waals surface area contributed by atoms with Gasteiger partial charge >= 0.3 is 0 Å². The van der Waals surface area contributed by atoms with E-state index in [-0.39, 0.29) is 0 Å². The molecular weight excluding hydrogens is 318 g/mol. The zero-order valence-electron chi connectivity index (χ0n) is 15.5. The number of guanidine groups is 1. The molecule has 1 aliphatic rings. The van der Waals surface area contributed by atoms with E-state index in [9.17, 15) is 0 Å². The van der Waals surface area contributed by atoms with E-state index in [1.54, 1.807) is 11.3 Å². The fourth-order valence-electron chi connectivity index (χ4n) is 3.01. The molecule has 0 saturated carbocycles. The third-order valence-electron chi connectivity index (χ3n) is 4.63. The molecule has 1 saturated heterocycles. The molecule has 0 unspecified atom stereocenters. The summed E-state index contributed by atoms with van der Waals surface area (Å²) < 4.78 is 0. The maximum atomic E-state index is 4.48. The molecule has 0 aliphatic carbocycles. The first kappa shape index (κ1) is 19.2. The first-order chi connectivity index (χ1) is 11.7. The largest absolute Gasteiger partial charge is 0.356 e. The number of unbranched alkanes of at least 4 members (excludes halogenated alkanes) is 1. The molecule has 1 aliphatic heterocycles.